The van der Waals surface area contributed by atoms with Crippen LogP contribution >= 0.6 is 23.2 Å². The minimum atomic E-state index is -0.646. The van der Waals surface area contributed by atoms with E-state index >= 15 is 0 Å². The average molecular weight is 407 g/mol. The molecule has 2 amide bonds. The Labute approximate surface area is 166 Å². The van der Waals surface area contributed by atoms with Gasteiger partial charge >= 0.3 is 0 Å². The van der Waals surface area contributed by atoms with Crippen molar-refractivity contribution in [3.63, 3.8) is 0 Å². The van der Waals surface area contributed by atoms with Crippen molar-refractivity contribution < 1.29 is 19.1 Å². The molecule has 0 bridgehead atoms. The van der Waals surface area contributed by atoms with Crippen molar-refractivity contribution in [1.29, 1.82) is 0 Å². The number of anilines is 2. The zero-order valence-corrected chi connectivity index (χ0v) is 16.3. The molecule has 0 fully saturated rings. The molecule has 1 aliphatic heterocycles. The van der Waals surface area contributed by atoms with Crippen LogP contribution in [0.15, 0.2) is 47.1 Å². The quantitative estimate of drug-likeness (QED) is 0.756. The lowest BCUT2D eigenvalue weighted by atomic mass is 10.2. The third-order valence-electron chi connectivity index (χ3n) is 4.07. The van der Waals surface area contributed by atoms with Crippen molar-refractivity contribution in [2.24, 2.45) is 0 Å². The van der Waals surface area contributed by atoms with E-state index in [9.17, 15) is 9.59 Å². The second kappa shape index (κ2) is 7.50. The number of halogens is 2. The lowest BCUT2D eigenvalue weighted by molar-refractivity contribution is -0.120. The highest BCUT2D eigenvalue weighted by molar-refractivity contribution is 6.53. The fourth-order valence-electron chi connectivity index (χ4n) is 2.66. The smallest absolute Gasteiger partial charge is 0.283 e. The molecule has 27 heavy (non-hydrogen) atoms. The van der Waals surface area contributed by atoms with Gasteiger partial charge in [0.25, 0.3) is 11.8 Å². The van der Waals surface area contributed by atoms with Gasteiger partial charge < -0.3 is 14.8 Å². The summed E-state index contributed by atoms with van der Waals surface area (Å²) in [4.78, 5) is 26.6. The topological polar surface area (TPSA) is 67.9 Å². The van der Waals surface area contributed by atoms with Crippen LogP contribution in [-0.4, -0.2) is 26.0 Å². The van der Waals surface area contributed by atoms with E-state index in [2.05, 4.69) is 5.32 Å². The monoisotopic (exact) mass is 406 g/mol. The number of methoxy groups -OCH3 is 2. The van der Waals surface area contributed by atoms with E-state index in [0.717, 1.165) is 4.90 Å². The second-order valence-corrected chi connectivity index (χ2v) is 6.55. The lowest BCUT2D eigenvalue weighted by Crippen LogP contribution is -2.32. The molecular formula is C19H16Cl2N2O4. The van der Waals surface area contributed by atoms with Gasteiger partial charge in [0.1, 0.15) is 22.2 Å². The normalized spacial score (nSPS) is 14.0. The van der Waals surface area contributed by atoms with E-state index in [0.29, 0.717) is 27.8 Å². The van der Waals surface area contributed by atoms with Crippen molar-refractivity contribution in [3.05, 3.63) is 57.7 Å². The minimum Gasteiger partial charge on any atom is -0.497 e. The molecule has 1 N–H and O–H groups in total. The van der Waals surface area contributed by atoms with Crippen molar-refractivity contribution in [2.45, 2.75) is 6.92 Å². The van der Waals surface area contributed by atoms with Crippen LogP contribution in [-0.2, 0) is 9.59 Å². The number of imide groups is 1. The molecule has 3 rings (SSSR count). The summed E-state index contributed by atoms with van der Waals surface area (Å²) in [6, 6.07) is 10.1. The molecule has 1 aliphatic rings. The first-order chi connectivity index (χ1) is 12.9. The molecule has 2 aromatic rings. The molecule has 2 aromatic carbocycles. The Hall–Kier alpha value is -2.70. The van der Waals surface area contributed by atoms with Crippen molar-refractivity contribution in [3.8, 4) is 11.5 Å². The Kier molecular flexibility index (Phi) is 5.30. The highest BCUT2D eigenvalue weighted by Gasteiger charge is 2.40. The molecule has 140 valence electrons. The molecule has 8 heteroatoms. The van der Waals surface area contributed by atoms with Crippen LogP contribution in [0.5, 0.6) is 11.5 Å². The van der Waals surface area contributed by atoms with Gasteiger partial charge in [-0.1, -0.05) is 29.3 Å². The fraction of sp³-hybridized carbons (Fsp3) is 0.158. The van der Waals surface area contributed by atoms with Crippen LogP contribution in [0, 0.1) is 6.92 Å². The van der Waals surface area contributed by atoms with Crippen LogP contribution in [0.2, 0.25) is 5.02 Å². The summed E-state index contributed by atoms with van der Waals surface area (Å²) in [5.41, 5.74) is 1.50. The summed E-state index contributed by atoms with van der Waals surface area (Å²) in [6.45, 7) is 1.76. The highest BCUT2D eigenvalue weighted by atomic mass is 35.5. The second-order valence-electron chi connectivity index (χ2n) is 5.76. The maximum atomic E-state index is 12.9. The number of carbonyl (C=O) groups excluding carboxylic acids is 2. The predicted molar refractivity (Wildman–Crippen MR) is 105 cm³/mol. The van der Waals surface area contributed by atoms with Gasteiger partial charge in [-0.2, -0.15) is 0 Å². The van der Waals surface area contributed by atoms with Gasteiger partial charge in [-0.3, -0.25) is 9.59 Å². The van der Waals surface area contributed by atoms with Crippen molar-refractivity contribution in [1.82, 2.24) is 0 Å². The first-order valence-electron chi connectivity index (χ1n) is 7.91. The summed E-state index contributed by atoms with van der Waals surface area (Å²) in [7, 11) is 2.96. The first-order valence-corrected chi connectivity index (χ1v) is 8.66. The van der Waals surface area contributed by atoms with E-state index in [1.807, 2.05) is 0 Å². The summed E-state index contributed by atoms with van der Waals surface area (Å²) in [6.07, 6.45) is 0. The van der Waals surface area contributed by atoms with Gasteiger partial charge in [0, 0.05) is 22.8 Å². The van der Waals surface area contributed by atoms with Crippen molar-refractivity contribution >= 4 is 46.4 Å². The van der Waals surface area contributed by atoms with Crippen LogP contribution in [0.4, 0.5) is 11.4 Å². The van der Waals surface area contributed by atoms with E-state index < -0.39 is 11.8 Å². The van der Waals surface area contributed by atoms with Crippen LogP contribution in [0.1, 0.15) is 5.56 Å². The number of hydrogen-bond acceptors (Lipinski definition) is 5. The highest BCUT2D eigenvalue weighted by Crippen LogP contribution is 2.38. The molecule has 0 spiro atoms. The number of hydrogen-bond donors (Lipinski definition) is 1. The third kappa shape index (κ3) is 3.46. The first kappa shape index (κ1) is 19.1. The summed E-state index contributed by atoms with van der Waals surface area (Å²) < 4.78 is 10.4. The van der Waals surface area contributed by atoms with E-state index in [-0.39, 0.29) is 16.4 Å². The summed E-state index contributed by atoms with van der Waals surface area (Å²) >= 11 is 12.3. The largest absolute Gasteiger partial charge is 0.497 e. The number of benzene rings is 2. The standard InChI is InChI=1S/C19H16Cl2N2O4/c1-10-7-14(15(27-3)9-13(10)20)23-18(24)16(21)17(19(23)25)22-11-5-4-6-12(8-11)26-2/h4-9,22H,1-3H3. The van der Waals surface area contributed by atoms with Gasteiger partial charge in [0.05, 0.1) is 19.9 Å². The van der Waals surface area contributed by atoms with Crippen molar-refractivity contribution in [2.75, 3.05) is 24.4 Å². The molecule has 0 saturated carbocycles. The fourth-order valence-corrected chi connectivity index (χ4v) is 3.03. The predicted octanol–water partition coefficient (Wildman–Crippen LogP) is 4.10. The number of nitrogens with zero attached hydrogens (tertiary/aromatic N) is 1. The molecule has 1 heterocycles. The Morgan fingerprint density at radius 1 is 1.00 bits per heavy atom. The number of carbonyl (C=O) groups is 2. The molecule has 0 radical (unpaired) electrons. The Morgan fingerprint density at radius 3 is 2.41 bits per heavy atom. The lowest BCUT2D eigenvalue weighted by Gasteiger charge is -2.19. The van der Waals surface area contributed by atoms with E-state index in [4.69, 9.17) is 32.7 Å². The zero-order chi connectivity index (χ0) is 19.7. The Morgan fingerprint density at radius 2 is 1.74 bits per heavy atom. The Balaban J connectivity index is 1.98. The molecule has 0 aliphatic carbocycles. The van der Waals surface area contributed by atoms with Gasteiger partial charge in [-0.05, 0) is 30.7 Å². The van der Waals surface area contributed by atoms with Crippen LogP contribution < -0.4 is 19.7 Å². The molecule has 0 unspecified atom stereocenters. The van der Waals surface area contributed by atoms with Gasteiger partial charge in [-0.25, -0.2) is 4.90 Å². The molecule has 0 atom stereocenters. The number of ether oxygens (including phenoxy) is 2. The molecule has 0 saturated heterocycles. The molecule has 0 aromatic heterocycles. The zero-order valence-electron chi connectivity index (χ0n) is 14.8. The maximum absolute atomic E-state index is 12.9. The number of aryl methyl sites for hydroxylation is 1. The molecule has 6 nitrogen and oxygen atoms in total. The van der Waals surface area contributed by atoms with E-state index in [1.165, 1.54) is 14.2 Å². The summed E-state index contributed by atoms with van der Waals surface area (Å²) in [5.74, 6) is -0.348. The number of rotatable bonds is 5. The van der Waals surface area contributed by atoms with Gasteiger partial charge in [0.2, 0.25) is 0 Å². The number of amides is 2. The minimum absolute atomic E-state index is 0.0235. The van der Waals surface area contributed by atoms with Crippen LogP contribution in [0.3, 0.4) is 0 Å². The van der Waals surface area contributed by atoms with E-state index in [1.54, 1.807) is 43.3 Å². The maximum Gasteiger partial charge on any atom is 0.283 e. The SMILES string of the molecule is COc1cccc(NC2=C(Cl)C(=O)N(c3cc(C)c(Cl)cc3OC)C2=O)c1. The summed E-state index contributed by atoms with van der Waals surface area (Å²) in [5, 5.41) is 3.15. The van der Waals surface area contributed by atoms with Crippen LogP contribution in [0.25, 0.3) is 0 Å². The number of nitrogens with one attached hydrogen (secondary N) is 1. The third-order valence-corrected chi connectivity index (χ3v) is 4.83. The van der Waals surface area contributed by atoms with Gasteiger partial charge in [-0.15, -0.1) is 0 Å². The van der Waals surface area contributed by atoms with Gasteiger partial charge in [0.15, 0.2) is 0 Å². The molecular weight excluding hydrogens is 391 g/mol. The Bertz CT molecular complexity index is 972. The average Bonchev–Trinajstić information content (AvgIpc) is 2.87.